The number of hydrogen-bond donors (Lipinski definition) is 1. The van der Waals surface area contributed by atoms with E-state index in [9.17, 15) is 13.2 Å². The highest BCUT2D eigenvalue weighted by Crippen LogP contribution is 2.39. The third-order valence-electron chi connectivity index (χ3n) is 3.85. The van der Waals surface area contributed by atoms with Crippen molar-refractivity contribution in [1.82, 2.24) is 0 Å². The molecule has 1 N–H and O–H groups in total. The number of anilines is 1. The maximum atomic E-state index is 12.8. The zero-order chi connectivity index (χ0) is 15.3. The van der Waals surface area contributed by atoms with Gasteiger partial charge in [0.25, 0.3) is 0 Å². The molecule has 0 aromatic heterocycles. The van der Waals surface area contributed by atoms with Gasteiger partial charge in [0.2, 0.25) is 0 Å². The molecule has 1 aliphatic rings. The van der Waals surface area contributed by atoms with Crippen LogP contribution in [0.1, 0.15) is 39.0 Å². The van der Waals surface area contributed by atoms with Crippen molar-refractivity contribution in [2.45, 2.75) is 51.2 Å². The summed E-state index contributed by atoms with van der Waals surface area (Å²) in [6.45, 7) is 2.62. The summed E-state index contributed by atoms with van der Waals surface area (Å²) in [5, 5.41) is 3.24. The number of benzene rings is 1. The summed E-state index contributed by atoms with van der Waals surface area (Å²) in [5.74, 6) is -0.471. The smallest absolute Gasteiger partial charge is 0.391 e. The number of para-hydroxylation sites is 2. The van der Waals surface area contributed by atoms with Gasteiger partial charge in [0.1, 0.15) is 5.75 Å². The summed E-state index contributed by atoms with van der Waals surface area (Å²) in [4.78, 5) is 0. The lowest BCUT2D eigenvalue weighted by Crippen LogP contribution is -2.34. The number of hydrogen-bond acceptors (Lipinski definition) is 2. The van der Waals surface area contributed by atoms with Crippen LogP contribution in [0.2, 0.25) is 0 Å². The fraction of sp³-hybridized carbons (Fsp3) is 0.625. The second kappa shape index (κ2) is 7.05. The first-order valence-corrected chi connectivity index (χ1v) is 7.55. The van der Waals surface area contributed by atoms with Gasteiger partial charge in [-0.05, 0) is 37.8 Å². The van der Waals surface area contributed by atoms with E-state index in [2.05, 4.69) is 5.32 Å². The Hall–Kier alpha value is -1.39. The van der Waals surface area contributed by atoms with Crippen LogP contribution in [-0.4, -0.2) is 18.8 Å². The average Bonchev–Trinajstić information content (AvgIpc) is 2.46. The Morgan fingerprint density at radius 2 is 2.00 bits per heavy atom. The lowest BCUT2D eigenvalue weighted by atomic mass is 9.85. The number of nitrogens with one attached hydrogen (secondary N) is 1. The Kier molecular flexibility index (Phi) is 5.37. The third kappa shape index (κ3) is 4.55. The molecule has 2 unspecified atom stereocenters. The summed E-state index contributed by atoms with van der Waals surface area (Å²) in [6, 6.07) is 7.31. The maximum Gasteiger partial charge on any atom is 0.391 e. The predicted molar refractivity (Wildman–Crippen MR) is 77.7 cm³/mol. The van der Waals surface area contributed by atoms with Gasteiger partial charge in [0.15, 0.2) is 0 Å². The quantitative estimate of drug-likeness (QED) is 0.825. The monoisotopic (exact) mass is 301 g/mol. The highest BCUT2D eigenvalue weighted by Gasteiger charge is 2.42. The Morgan fingerprint density at radius 3 is 2.71 bits per heavy atom. The van der Waals surface area contributed by atoms with Crippen molar-refractivity contribution in [3.05, 3.63) is 24.3 Å². The van der Waals surface area contributed by atoms with Gasteiger partial charge < -0.3 is 10.1 Å². The van der Waals surface area contributed by atoms with Gasteiger partial charge in [-0.15, -0.1) is 0 Å². The second-order valence-electron chi connectivity index (χ2n) is 5.59. The molecule has 2 atom stereocenters. The van der Waals surface area contributed by atoms with Crippen molar-refractivity contribution in [3.63, 3.8) is 0 Å². The Labute approximate surface area is 123 Å². The van der Waals surface area contributed by atoms with Crippen molar-refractivity contribution in [2.75, 3.05) is 11.9 Å². The average molecular weight is 301 g/mol. The van der Waals surface area contributed by atoms with Crippen LogP contribution in [0, 0.1) is 5.92 Å². The van der Waals surface area contributed by atoms with Crippen LogP contribution in [0.15, 0.2) is 24.3 Å². The van der Waals surface area contributed by atoms with Crippen LogP contribution in [0.4, 0.5) is 18.9 Å². The van der Waals surface area contributed by atoms with Gasteiger partial charge in [-0.25, -0.2) is 0 Å². The lowest BCUT2D eigenvalue weighted by Gasteiger charge is -2.32. The fourth-order valence-electron chi connectivity index (χ4n) is 2.76. The summed E-state index contributed by atoms with van der Waals surface area (Å²) in [7, 11) is 0. The molecule has 1 aromatic carbocycles. The van der Waals surface area contributed by atoms with Crippen LogP contribution in [-0.2, 0) is 0 Å². The normalized spacial score (nSPS) is 22.9. The second-order valence-corrected chi connectivity index (χ2v) is 5.59. The van der Waals surface area contributed by atoms with Crippen LogP contribution < -0.4 is 10.1 Å². The van der Waals surface area contributed by atoms with Gasteiger partial charge in [0.05, 0.1) is 18.2 Å². The zero-order valence-corrected chi connectivity index (χ0v) is 12.2. The molecule has 0 radical (unpaired) electrons. The van der Waals surface area contributed by atoms with Crippen LogP contribution in [0.5, 0.6) is 5.75 Å². The molecule has 1 saturated carbocycles. The first-order valence-electron chi connectivity index (χ1n) is 7.55. The summed E-state index contributed by atoms with van der Waals surface area (Å²) in [5.41, 5.74) is 0.791. The molecule has 1 aromatic rings. The molecule has 2 rings (SSSR count). The molecule has 118 valence electrons. The van der Waals surface area contributed by atoms with Crippen molar-refractivity contribution < 1.29 is 17.9 Å². The van der Waals surface area contributed by atoms with E-state index in [4.69, 9.17) is 4.74 Å². The molecule has 0 saturated heterocycles. The van der Waals surface area contributed by atoms with E-state index in [0.29, 0.717) is 18.8 Å². The molecular formula is C16H22F3NO. The fourth-order valence-corrected chi connectivity index (χ4v) is 2.76. The zero-order valence-electron chi connectivity index (χ0n) is 12.2. The highest BCUT2D eigenvalue weighted by atomic mass is 19.4. The third-order valence-corrected chi connectivity index (χ3v) is 3.85. The molecule has 0 heterocycles. The highest BCUT2D eigenvalue weighted by molar-refractivity contribution is 5.56. The molecular weight excluding hydrogens is 279 g/mol. The maximum absolute atomic E-state index is 12.8. The minimum absolute atomic E-state index is 0.142. The van der Waals surface area contributed by atoms with E-state index >= 15 is 0 Å². The van der Waals surface area contributed by atoms with Crippen LogP contribution >= 0.6 is 0 Å². The van der Waals surface area contributed by atoms with Crippen molar-refractivity contribution in [3.8, 4) is 5.75 Å². The molecule has 1 aliphatic carbocycles. The van der Waals surface area contributed by atoms with Gasteiger partial charge in [-0.3, -0.25) is 0 Å². The lowest BCUT2D eigenvalue weighted by molar-refractivity contribution is -0.182. The minimum Gasteiger partial charge on any atom is -0.491 e. The minimum atomic E-state index is -4.08. The van der Waals surface area contributed by atoms with Crippen molar-refractivity contribution >= 4 is 5.69 Å². The number of ether oxygens (including phenoxy) is 1. The van der Waals surface area contributed by atoms with E-state index in [-0.39, 0.29) is 18.9 Å². The number of halogens is 3. The molecule has 5 heteroatoms. The topological polar surface area (TPSA) is 21.3 Å². The first kappa shape index (κ1) is 16.0. The molecule has 0 amide bonds. The van der Waals surface area contributed by atoms with E-state index in [1.807, 2.05) is 31.2 Å². The molecule has 1 fully saturated rings. The van der Waals surface area contributed by atoms with E-state index in [1.165, 1.54) is 0 Å². The molecule has 2 nitrogen and oxygen atoms in total. The van der Waals surface area contributed by atoms with E-state index < -0.39 is 12.1 Å². The Bertz CT molecular complexity index is 447. The molecule has 0 aliphatic heterocycles. The van der Waals surface area contributed by atoms with Crippen molar-refractivity contribution in [1.29, 1.82) is 0 Å². The van der Waals surface area contributed by atoms with Gasteiger partial charge in [0, 0.05) is 6.04 Å². The van der Waals surface area contributed by atoms with Gasteiger partial charge >= 0.3 is 6.18 Å². The first-order chi connectivity index (χ1) is 10.0. The summed E-state index contributed by atoms with van der Waals surface area (Å²) >= 11 is 0. The van der Waals surface area contributed by atoms with Crippen molar-refractivity contribution in [2.24, 2.45) is 5.92 Å². The summed E-state index contributed by atoms with van der Waals surface area (Å²) < 4.78 is 44.2. The predicted octanol–water partition coefficient (Wildman–Crippen LogP) is 5.01. The standard InChI is InChI=1S/C16H22F3NO/c1-2-10-21-15-9-4-3-8-14(15)20-13-7-5-6-12(11-13)16(17,18)19/h3-4,8-9,12-13,20H,2,5-7,10-11H2,1H3. The molecule has 0 spiro atoms. The van der Waals surface area contributed by atoms with E-state index in [0.717, 1.165) is 18.5 Å². The number of alkyl halides is 3. The molecule has 0 bridgehead atoms. The number of rotatable bonds is 5. The summed E-state index contributed by atoms with van der Waals surface area (Å²) in [6.07, 6.45) is -1.41. The molecule has 21 heavy (non-hydrogen) atoms. The van der Waals surface area contributed by atoms with Gasteiger partial charge in [-0.1, -0.05) is 25.5 Å². The SMILES string of the molecule is CCCOc1ccccc1NC1CCCC(C(F)(F)F)C1. The Morgan fingerprint density at radius 1 is 1.24 bits per heavy atom. The Balaban J connectivity index is 2.01. The van der Waals surface area contributed by atoms with Gasteiger partial charge in [-0.2, -0.15) is 13.2 Å². The van der Waals surface area contributed by atoms with Crippen LogP contribution in [0.25, 0.3) is 0 Å². The van der Waals surface area contributed by atoms with Crippen LogP contribution in [0.3, 0.4) is 0 Å². The largest absolute Gasteiger partial charge is 0.491 e. The van der Waals surface area contributed by atoms with E-state index in [1.54, 1.807) is 0 Å².